The van der Waals surface area contributed by atoms with Gasteiger partial charge >= 0.3 is 0 Å². The summed E-state index contributed by atoms with van der Waals surface area (Å²) in [6.07, 6.45) is 23.1. The van der Waals surface area contributed by atoms with Crippen molar-refractivity contribution >= 4 is 0 Å². The molecule has 6 aliphatic carbocycles. The van der Waals surface area contributed by atoms with Crippen LogP contribution in [0.4, 0.5) is 0 Å². The molecule has 6 rings (SSSR count). The minimum absolute atomic E-state index is 0.522. The average molecular weight is 370 g/mol. The molecule has 0 bridgehead atoms. The molecule has 0 saturated heterocycles. The van der Waals surface area contributed by atoms with Crippen LogP contribution in [0.15, 0.2) is 0 Å². The van der Waals surface area contributed by atoms with Crippen molar-refractivity contribution < 1.29 is 0 Å². The van der Waals surface area contributed by atoms with Gasteiger partial charge in [0.15, 0.2) is 0 Å². The van der Waals surface area contributed by atoms with Gasteiger partial charge in [-0.1, -0.05) is 32.1 Å². The zero-order valence-electron chi connectivity index (χ0n) is 17.5. The average Bonchev–Trinajstić information content (AvgIpc) is 2.72. The van der Waals surface area contributed by atoms with E-state index in [0.717, 1.165) is 53.3 Å². The van der Waals surface area contributed by atoms with Gasteiger partial charge in [0.05, 0.1) is 0 Å². The van der Waals surface area contributed by atoms with Crippen LogP contribution < -0.4 is 5.73 Å². The Hall–Kier alpha value is -0.0400. The van der Waals surface area contributed by atoms with Crippen molar-refractivity contribution in [3.8, 4) is 0 Å². The quantitative estimate of drug-likeness (QED) is 0.568. The molecule has 6 aliphatic rings. The monoisotopic (exact) mass is 369 g/mol. The molecule has 6 saturated carbocycles. The van der Waals surface area contributed by atoms with Gasteiger partial charge in [0.2, 0.25) is 0 Å². The fourth-order valence-corrected chi connectivity index (χ4v) is 10.5. The minimum Gasteiger partial charge on any atom is -0.328 e. The Morgan fingerprint density at radius 3 is 1.52 bits per heavy atom. The molecule has 27 heavy (non-hydrogen) atoms. The third kappa shape index (κ3) is 2.80. The van der Waals surface area contributed by atoms with Gasteiger partial charge in [0, 0.05) is 6.04 Å². The molecule has 152 valence electrons. The van der Waals surface area contributed by atoms with E-state index >= 15 is 0 Å². The normalized spacial score (nSPS) is 57.4. The Kier molecular flexibility index (Phi) is 4.63. The molecular formula is C26H43N. The Bertz CT molecular complexity index is 514. The maximum Gasteiger partial charge on any atom is 0.00390 e. The van der Waals surface area contributed by atoms with E-state index in [1.165, 1.54) is 31.6 Å². The molecule has 0 amide bonds. The Morgan fingerprint density at radius 2 is 0.852 bits per heavy atom. The smallest absolute Gasteiger partial charge is 0.00390 e. The van der Waals surface area contributed by atoms with Crippen molar-refractivity contribution in [1.29, 1.82) is 0 Å². The van der Waals surface area contributed by atoms with Crippen LogP contribution in [-0.2, 0) is 0 Å². The largest absolute Gasteiger partial charge is 0.328 e. The van der Waals surface area contributed by atoms with Crippen LogP contribution in [0, 0.1) is 59.2 Å². The summed E-state index contributed by atoms with van der Waals surface area (Å²) in [5, 5.41) is 0. The highest BCUT2D eigenvalue weighted by Crippen LogP contribution is 2.66. The van der Waals surface area contributed by atoms with Gasteiger partial charge in [-0.05, 0) is 123 Å². The number of nitrogens with two attached hydrogens (primary N) is 1. The van der Waals surface area contributed by atoms with Crippen molar-refractivity contribution in [2.45, 2.75) is 102 Å². The second-order valence-electron chi connectivity index (χ2n) is 11.9. The SMILES string of the molecule is NC1CCC(C2CCC3C4CCCC5CCCC(C6CCCC2C63)C54)CC1. The molecule has 6 fully saturated rings. The zero-order valence-corrected chi connectivity index (χ0v) is 17.5. The molecular weight excluding hydrogens is 326 g/mol. The van der Waals surface area contributed by atoms with E-state index in [1.807, 2.05) is 0 Å². The number of hydrogen-bond donors (Lipinski definition) is 1. The van der Waals surface area contributed by atoms with Crippen LogP contribution in [0.5, 0.6) is 0 Å². The predicted octanol–water partition coefficient (Wildman–Crippen LogP) is 6.41. The number of rotatable bonds is 1. The Balaban J connectivity index is 1.30. The fraction of sp³-hybridized carbons (Fsp3) is 1.00. The topological polar surface area (TPSA) is 26.0 Å². The summed E-state index contributed by atoms with van der Waals surface area (Å²) >= 11 is 0. The van der Waals surface area contributed by atoms with E-state index in [4.69, 9.17) is 5.73 Å². The molecule has 2 N–H and O–H groups in total. The minimum atomic E-state index is 0.522. The lowest BCUT2D eigenvalue weighted by Gasteiger charge is -2.64. The van der Waals surface area contributed by atoms with E-state index in [0.29, 0.717) is 6.04 Å². The predicted molar refractivity (Wildman–Crippen MR) is 112 cm³/mol. The van der Waals surface area contributed by atoms with Crippen molar-refractivity contribution in [2.75, 3.05) is 0 Å². The molecule has 0 aromatic carbocycles. The first kappa shape index (κ1) is 17.8. The first-order valence-electron chi connectivity index (χ1n) is 13.1. The van der Waals surface area contributed by atoms with Crippen LogP contribution in [0.3, 0.4) is 0 Å². The molecule has 0 spiro atoms. The van der Waals surface area contributed by atoms with Crippen LogP contribution >= 0.6 is 0 Å². The van der Waals surface area contributed by atoms with Crippen LogP contribution in [0.2, 0.25) is 0 Å². The zero-order chi connectivity index (χ0) is 18.0. The van der Waals surface area contributed by atoms with Crippen molar-refractivity contribution in [3.63, 3.8) is 0 Å². The highest BCUT2D eigenvalue weighted by atomic mass is 14.7. The lowest BCUT2D eigenvalue weighted by molar-refractivity contribution is -0.156. The third-order valence-electron chi connectivity index (χ3n) is 11.2. The second kappa shape index (κ2) is 7.03. The molecule has 1 heteroatoms. The summed E-state index contributed by atoms with van der Waals surface area (Å²) < 4.78 is 0. The van der Waals surface area contributed by atoms with Crippen molar-refractivity contribution in [3.05, 3.63) is 0 Å². The molecule has 0 heterocycles. The molecule has 9 unspecified atom stereocenters. The fourth-order valence-electron chi connectivity index (χ4n) is 10.5. The molecule has 0 aromatic rings. The lowest BCUT2D eigenvalue weighted by atomic mass is 9.41. The van der Waals surface area contributed by atoms with Gasteiger partial charge in [-0.3, -0.25) is 0 Å². The van der Waals surface area contributed by atoms with Gasteiger partial charge < -0.3 is 5.73 Å². The van der Waals surface area contributed by atoms with Gasteiger partial charge in [0.1, 0.15) is 0 Å². The van der Waals surface area contributed by atoms with Gasteiger partial charge in [-0.15, -0.1) is 0 Å². The van der Waals surface area contributed by atoms with Crippen molar-refractivity contribution in [2.24, 2.45) is 64.9 Å². The van der Waals surface area contributed by atoms with E-state index in [2.05, 4.69) is 0 Å². The van der Waals surface area contributed by atoms with E-state index in [1.54, 1.807) is 70.6 Å². The summed E-state index contributed by atoms with van der Waals surface area (Å²) in [5.41, 5.74) is 6.26. The first-order chi connectivity index (χ1) is 13.3. The van der Waals surface area contributed by atoms with Gasteiger partial charge in [-0.2, -0.15) is 0 Å². The maximum atomic E-state index is 6.26. The Morgan fingerprint density at radius 1 is 0.370 bits per heavy atom. The Labute approximate surface area is 167 Å². The van der Waals surface area contributed by atoms with Crippen molar-refractivity contribution in [1.82, 2.24) is 0 Å². The summed E-state index contributed by atoms with van der Waals surface area (Å²) in [6, 6.07) is 0.522. The van der Waals surface area contributed by atoms with E-state index in [9.17, 15) is 0 Å². The highest BCUT2D eigenvalue weighted by molar-refractivity contribution is 5.07. The molecule has 9 atom stereocenters. The molecule has 0 aromatic heterocycles. The standard InChI is InChI=1S/C26H43N/c27-18-12-10-16(11-13-18)19-14-15-24-22-7-2-5-17-4-1-6-21(25(17)22)23-9-3-8-20(19)26(23)24/h16-26H,1-15,27H2. The molecule has 0 aliphatic heterocycles. The maximum absolute atomic E-state index is 6.26. The van der Waals surface area contributed by atoms with Gasteiger partial charge in [-0.25, -0.2) is 0 Å². The van der Waals surface area contributed by atoms with Gasteiger partial charge in [0.25, 0.3) is 0 Å². The van der Waals surface area contributed by atoms with E-state index < -0.39 is 0 Å². The summed E-state index contributed by atoms with van der Waals surface area (Å²) in [7, 11) is 0. The van der Waals surface area contributed by atoms with Crippen LogP contribution in [0.25, 0.3) is 0 Å². The lowest BCUT2D eigenvalue weighted by Crippen LogP contribution is -2.57. The molecule has 0 radical (unpaired) electrons. The second-order valence-corrected chi connectivity index (χ2v) is 11.9. The van der Waals surface area contributed by atoms with Crippen LogP contribution in [0.1, 0.15) is 96.3 Å². The molecule has 1 nitrogen and oxygen atoms in total. The summed E-state index contributed by atoms with van der Waals surface area (Å²) in [4.78, 5) is 0. The summed E-state index contributed by atoms with van der Waals surface area (Å²) in [5.74, 6) is 11.3. The van der Waals surface area contributed by atoms with E-state index in [-0.39, 0.29) is 0 Å². The first-order valence-corrected chi connectivity index (χ1v) is 13.1. The number of hydrogen-bond acceptors (Lipinski definition) is 1. The summed E-state index contributed by atoms with van der Waals surface area (Å²) in [6.45, 7) is 0. The number of fused-ring (bicyclic) bond motifs is 2. The third-order valence-corrected chi connectivity index (χ3v) is 11.2. The highest BCUT2D eigenvalue weighted by Gasteiger charge is 2.59. The van der Waals surface area contributed by atoms with Crippen LogP contribution in [-0.4, -0.2) is 6.04 Å².